The van der Waals surface area contributed by atoms with E-state index in [0.29, 0.717) is 34.3 Å². The van der Waals surface area contributed by atoms with Crippen LogP contribution in [0.25, 0.3) is 11.3 Å². The molecule has 0 spiro atoms. The minimum absolute atomic E-state index is 0.276. The summed E-state index contributed by atoms with van der Waals surface area (Å²) >= 11 is 14.3. The molecule has 2 aromatic carbocycles. The van der Waals surface area contributed by atoms with Crippen molar-refractivity contribution in [1.82, 2.24) is 4.98 Å². The van der Waals surface area contributed by atoms with Gasteiger partial charge in [0.15, 0.2) is 5.13 Å². The first-order valence-corrected chi connectivity index (χ1v) is 13.0. The molecule has 1 aromatic heterocycles. The Balaban J connectivity index is 1.58. The second-order valence-corrected chi connectivity index (χ2v) is 10.4. The van der Waals surface area contributed by atoms with Crippen molar-refractivity contribution in [2.24, 2.45) is 0 Å². The summed E-state index contributed by atoms with van der Waals surface area (Å²) in [4.78, 5) is 20.7. The lowest BCUT2D eigenvalue weighted by Gasteiger charge is -2.31. The van der Waals surface area contributed by atoms with Gasteiger partial charge in [-0.25, -0.2) is 9.78 Å². The topological polar surface area (TPSA) is 42.4 Å². The van der Waals surface area contributed by atoms with Gasteiger partial charge >= 0.3 is 5.97 Å². The number of anilines is 1. The Bertz CT molecular complexity index is 1130. The summed E-state index contributed by atoms with van der Waals surface area (Å²) in [7, 11) is 0. The standard InChI is InChI=1S/C26H28Cl2N2O2S/c1-4-20(14-17-6-8-18(9-7-17)25(31)32-5-2)30(21-11-12-21)26-29-24(16(3)33-26)22-13-10-19(27)15-23(22)28/h6-10,13,15,20-21H,4-5,11-12,14H2,1-3H3. The van der Waals surface area contributed by atoms with Crippen LogP contribution in [0.2, 0.25) is 10.0 Å². The summed E-state index contributed by atoms with van der Waals surface area (Å²) in [5.74, 6) is -0.276. The molecule has 1 saturated carbocycles. The highest BCUT2D eigenvalue weighted by molar-refractivity contribution is 7.16. The average molecular weight is 503 g/mol. The molecule has 33 heavy (non-hydrogen) atoms. The van der Waals surface area contributed by atoms with Crippen LogP contribution >= 0.6 is 34.5 Å². The van der Waals surface area contributed by atoms with Crippen LogP contribution in [0.1, 0.15) is 53.9 Å². The number of hydrogen-bond acceptors (Lipinski definition) is 5. The minimum Gasteiger partial charge on any atom is -0.462 e. The molecule has 0 radical (unpaired) electrons. The maximum absolute atomic E-state index is 12.0. The summed E-state index contributed by atoms with van der Waals surface area (Å²) in [6, 6.07) is 14.2. The molecule has 4 nitrogen and oxygen atoms in total. The molecular weight excluding hydrogens is 475 g/mol. The number of thiazole rings is 1. The van der Waals surface area contributed by atoms with Crippen molar-refractivity contribution in [3.8, 4) is 11.3 Å². The Morgan fingerprint density at radius 3 is 2.52 bits per heavy atom. The smallest absolute Gasteiger partial charge is 0.338 e. The number of carbonyl (C=O) groups excluding carboxylic acids is 1. The SMILES string of the molecule is CCOC(=O)c1ccc(CC(CC)N(c2nc(-c3ccc(Cl)cc3Cl)c(C)s2)C2CC2)cc1. The van der Waals surface area contributed by atoms with Crippen molar-refractivity contribution < 1.29 is 9.53 Å². The monoisotopic (exact) mass is 502 g/mol. The summed E-state index contributed by atoms with van der Waals surface area (Å²) in [5.41, 5.74) is 3.64. The molecule has 174 valence electrons. The lowest BCUT2D eigenvalue weighted by molar-refractivity contribution is 0.0526. The van der Waals surface area contributed by atoms with Crippen molar-refractivity contribution >= 4 is 45.6 Å². The minimum atomic E-state index is -0.276. The first kappa shape index (κ1) is 24.1. The van der Waals surface area contributed by atoms with Gasteiger partial charge in [0.05, 0.1) is 22.9 Å². The van der Waals surface area contributed by atoms with Crippen LogP contribution < -0.4 is 4.90 Å². The summed E-state index contributed by atoms with van der Waals surface area (Å²) in [5, 5.41) is 2.29. The molecule has 0 amide bonds. The highest BCUT2D eigenvalue weighted by Gasteiger charge is 2.36. The van der Waals surface area contributed by atoms with Crippen molar-refractivity contribution in [3.63, 3.8) is 0 Å². The van der Waals surface area contributed by atoms with Gasteiger partial charge in [-0.3, -0.25) is 0 Å². The Kier molecular flexibility index (Phi) is 7.62. The lowest BCUT2D eigenvalue weighted by Crippen LogP contribution is -2.38. The third-order valence-electron chi connectivity index (χ3n) is 5.93. The number of nitrogens with zero attached hydrogens (tertiary/aromatic N) is 2. The van der Waals surface area contributed by atoms with Gasteiger partial charge < -0.3 is 9.64 Å². The van der Waals surface area contributed by atoms with E-state index in [-0.39, 0.29) is 5.97 Å². The van der Waals surface area contributed by atoms with E-state index in [1.165, 1.54) is 18.4 Å². The van der Waals surface area contributed by atoms with Crippen molar-refractivity contribution in [1.29, 1.82) is 0 Å². The van der Waals surface area contributed by atoms with Gasteiger partial charge in [-0.15, -0.1) is 11.3 Å². The molecule has 0 N–H and O–H groups in total. The van der Waals surface area contributed by atoms with Crippen LogP contribution in [0, 0.1) is 6.92 Å². The van der Waals surface area contributed by atoms with Crippen molar-refractivity contribution in [2.75, 3.05) is 11.5 Å². The van der Waals surface area contributed by atoms with Gasteiger partial charge in [0.2, 0.25) is 0 Å². The highest BCUT2D eigenvalue weighted by Crippen LogP contribution is 2.42. The van der Waals surface area contributed by atoms with Crippen LogP contribution in [-0.2, 0) is 11.2 Å². The summed E-state index contributed by atoms with van der Waals surface area (Å²) in [6.45, 7) is 6.52. The van der Waals surface area contributed by atoms with E-state index in [1.807, 2.05) is 43.3 Å². The van der Waals surface area contributed by atoms with Crippen LogP contribution in [0.5, 0.6) is 0 Å². The number of esters is 1. The van der Waals surface area contributed by atoms with Crippen molar-refractivity contribution in [3.05, 3.63) is 68.5 Å². The number of aromatic nitrogens is 1. The van der Waals surface area contributed by atoms with E-state index < -0.39 is 0 Å². The van der Waals surface area contributed by atoms with Gasteiger partial charge in [0.1, 0.15) is 0 Å². The molecule has 0 bridgehead atoms. The Morgan fingerprint density at radius 2 is 1.91 bits per heavy atom. The molecule has 4 rings (SSSR count). The molecular formula is C26H28Cl2N2O2S. The maximum atomic E-state index is 12.0. The zero-order chi connectivity index (χ0) is 23.5. The van der Waals surface area contributed by atoms with Gasteiger partial charge in [-0.05, 0) is 75.4 Å². The fourth-order valence-electron chi connectivity index (χ4n) is 4.09. The predicted octanol–water partition coefficient (Wildman–Crippen LogP) is 7.59. The number of ether oxygens (including phenoxy) is 1. The molecule has 0 aliphatic heterocycles. The van der Waals surface area contributed by atoms with Crippen LogP contribution in [0.15, 0.2) is 42.5 Å². The maximum Gasteiger partial charge on any atom is 0.338 e. The Hall–Kier alpha value is -2.08. The number of rotatable bonds is 9. The number of aryl methyl sites for hydroxylation is 1. The molecule has 1 unspecified atom stereocenters. The largest absolute Gasteiger partial charge is 0.462 e. The second kappa shape index (κ2) is 10.5. The number of hydrogen-bond donors (Lipinski definition) is 0. The molecule has 1 aliphatic carbocycles. The van der Waals surface area contributed by atoms with Crippen LogP contribution in [0.3, 0.4) is 0 Å². The van der Waals surface area contributed by atoms with E-state index in [1.54, 1.807) is 17.4 Å². The van der Waals surface area contributed by atoms with Gasteiger partial charge in [-0.1, -0.05) is 42.3 Å². The molecule has 3 aromatic rings. The Labute approximate surface area is 209 Å². The molecule has 1 atom stereocenters. The zero-order valence-corrected chi connectivity index (χ0v) is 21.4. The average Bonchev–Trinajstić information content (AvgIpc) is 3.56. The highest BCUT2D eigenvalue weighted by atomic mass is 35.5. The van der Waals surface area contributed by atoms with Crippen LogP contribution in [0.4, 0.5) is 5.13 Å². The van der Waals surface area contributed by atoms with Gasteiger partial charge in [-0.2, -0.15) is 0 Å². The number of benzene rings is 2. The third kappa shape index (κ3) is 5.53. The van der Waals surface area contributed by atoms with Gasteiger partial charge in [0, 0.05) is 27.5 Å². The van der Waals surface area contributed by atoms with Crippen molar-refractivity contribution in [2.45, 2.75) is 58.5 Å². The third-order valence-corrected chi connectivity index (χ3v) is 7.47. The zero-order valence-electron chi connectivity index (χ0n) is 19.1. The van der Waals surface area contributed by atoms with E-state index >= 15 is 0 Å². The van der Waals surface area contributed by atoms with Crippen LogP contribution in [-0.4, -0.2) is 29.6 Å². The fourth-order valence-corrected chi connectivity index (χ4v) is 5.65. The second-order valence-electron chi connectivity index (χ2n) is 8.35. The van der Waals surface area contributed by atoms with E-state index in [0.717, 1.165) is 34.1 Å². The van der Waals surface area contributed by atoms with Gasteiger partial charge in [0.25, 0.3) is 0 Å². The number of carbonyl (C=O) groups is 1. The fraction of sp³-hybridized carbons (Fsp3) is 0.385. The summed E-state index contributed by atoms with van der Waals surface area (Å²) in [6.07, 6.45) is 4.28. The molecule has 1 fully saturated rings. The van der Waals surface area contributed by atoms with E-state index in [9.17, 15) is 4.79 Å². The van der Waals surface area contributed by atoms with E-state index in [2.05, 4.69) is 18.7 Å². The first-order chi connectivity index (χ1) is 15.9. The number of halogens is 2. The normalized spacial score (nSPS) is 14.2. The lowest BCUT2D eigenvalue weighted by atomic mass is 10.0. The predicted molar refractivity (Wildman–Crippen MR) is 138 cm³/mol. The van der Waals surface area contributed by atoms with E-state index in [4.69, 9.17) is 32.9 Å². The first-order valence-electron chi connectivity index (χ1n) is 11.4. The quantitative estimate of drug-likeness (QED) is 0.282. The molecule has 0 saturated heterocycles. The molecule has 1 aliphatic rings. The summed E-state index contributed by atoms with van der Waals surface area (Å²) < 4.78 is 5.10. The molecule has 7 heteroatoms. The Morgan fingerprint density at radius 1 is 1.18 bits per heavy atom. The molecule has 1 heterocycles.